The zero-order chi connectivity index (χ0) is 20.6. The van der Waals surface area contributed by atoms with Crippen LogP contribution >= 0.6 is 0 Å². The maximum Gasteiger partial charge on any atom is 0.391 e. The van der Waals surface area contributed by atoms with Crippen LogP contribution in [0.5, 0.6) is 5.75 Å². The Hall–Kier alpha value is -2.51. The van der Waals surface area contributed by atoms with Gasteiger partial charge in [-0.25, -0.2) is 4.79 Å². The van der Waals surface area contributed by atoms with Gasteiger partial charge in [-0.3, -0.25) is 4.79 Å². The first-order valence-corrected chi connectivity index (χ1v) is 9.10. The summed E-state index contributed by atoms with van der Waals surface area (Å²) in [7, 11) is 0. The van der Waals surface area contributed by atoms with Gasteiger partial charge in [0.25, 0.3) is 5.91 Å². The Morgan fingerprint density at radius 1 is 1.18 bits per heavy atom. The molecule has 8 heteroatoms. The molecule has 1 amide bonds. The van der Waals surface area contributed by atoms with Crippen molar-refractivity contribution < 1.29 is 27.1 Å². The highest BCUT2D eigenvalue weighted by molar-refractivity contribution is 5.88. The minimum atomic E-state index is -4.22. The molecule has 0 bridgehead atoms. The van der Waals surface area contributed by atoms with Crippen molar-refractivity contribution >= 4 is 16.9 Å². The van der Waals surface area contributed by atoms with Crippen molar-refractivity contribution in [1.82, 2.24) is 4.90 Å². The van der Waals surface area contributed by atoms with Crippen LogP contribution in [-0.4, -0.2) is 36.7 Å². The van der Waals surface area contributed by atoms with Crippen LogP contribution in [0.4, 0.5) is 13.2 Å². The summed E-state index contributed by atoms with van der Waals surface area (Å²) in [5, 5.41) is 0.617. The highest BCUT2D eigenvalue weighted by atomic mass is 19.4. The molecular weight excluding hydrogens is 375 g/mol. The van der Waals surface area contributed by atoms with E-state index in [0.717, 1.165) is 5.56 Å². The Morgan fingerprint density at radius 3 is 2.43 bits per heavy atom. The number of aryl methyl sites for hydroxylation is 2. The molecule has 0 N–H and O–H groups in total. The van der Waals surface area contributed by atoms with Gasteiger partial charge in [0, 0.05) is 18.7 Å². The zero-order valence-electron chi connectivity index (χ0n) is 16.0. The molecule has 28 heavy (non-hydrogen) atoms. The molecule has 1 fully saturated rings. The molecule has 1 aromatic carbocycles. The number of hydrogen-bond donors (Lipinski definition) is 0. The van der Waals surface area contributed by atoms with Crippen molar-refractivity contribution in [3.63, 3.8) is 0 Å². The van der Waals surface area contributed by atoms with Crippen LogP contribution in [0, 0.1) is 26.7 Å². The van der Waals surface area contributed by atoms with Crippen molar-refractivity contribution in [3.05, 3.63) is 39.2 Å². The van der Waals surface area contributed by atoms with Gasteiger partial charge in [0.15, 0.2) is 6.61 Å². The molecule has 1 saturated heterocycles. The van der Waals surface area contributed by atoms with Gasteiger partial charge in [0.1, 0.15) is 11.3 Å². The molecule has 0 unspecified atom stereocenters. The molecule has 2 heterocycles. The monoisotopic (exact) mass is 397 g/mol. The Labute approximate surface area is 160 Å². The molecule has 1 aliphatic rings. The van der Waals surface area contributed by atoms with Crippen LogP contribution in [0.3, 0.4) is 0 Å². The number of hydrogen-bond acceptors (Lipinski definition) is 4. The van der Waals surface area contributed by atoms with Gasteiger partial charge in [-0.15, -0.1) is 0 Å². The van der Waals surface area contributed by atoms with Crippen LogP contribution in [-0.2, 0) is 4.79 Å². The fourth-order valence-corrected chi connectivity index (χ4v) is 3.49. The van der Waals surface area contributed by atoms with Gasteiger partial charge >= 0.3 is 11.8 Å². The van der Waals surface area contributed by atoms with Gasteiger partial charge in [0.2, 0.25) is 0 Å². The molecule has 1 aromatic heterocycles. The van der Waals surface area contributed by atoms with Crippen molar-refractivity contribution in [2.75, 3.05) is 19.7 Å². The van der Waals surface area contributed by atoms with Gasteiger partial charge in [-0.2, -0.15) is 13.2 Å². The van der Waals surface area contributed by atoms with Crippen molar-refractivity contribution in [3.8, 4) is 5.75 Å². The molecule has 1 aliphatic heterocycles. The predicted octanol–water partition coefficient (Wildman–Crippen LogP) is 3.90. The van der Waals surface area contributed by atoms with Crippen molar-refractivity contribution in [1.29, 1.82) is 0 Å². The number of benzene rings is 1. The number of carbonyl (C=O) groups is 1. The van der Waals surface area contributed by atoms with Gasteiger partial charge < -0.3 is 14.1 Å². The summed E-state index contributed by atoms with van der Waals surface area (Å²) in [5.41, 5.74) is 1.92. The van der Waals surface area contributed by atoms with Crippen LogP contribution in [0.25, 0.3) is 11.0 Å². The number of fused-ring (bicyclic) bond motifs is 1. The van der Waals surface area contributed by atoms with E-state index in [2.05, 4.69) is 0 Å². The van der Waals surface area contributed by atoms with E-state index in [4.69, 9.17) is 9.15 Å². The first-order valence-electron chi connectivity index (χ1n) is 9.10. The van der Waals surface area contributed by atoms with Gasteiger partial charge in [0.05, 0.1) is 11.3 Å². The lowest BCUT2D eigenvalue weighted by molar-refractivity contribution is -0.186. The minimum absolute atomic E-state index is 0.0634. The first-order chi connectivity index (χ1) is 13.1. The second-order valence-corrected chi connectivity index (χ2v) is 7.26. The molecular formula is C20H22F3NO4. The second-order valence-electron chi connectivity index (χ2n) is 7.26. The summed E-state index contributed by atoms with van der Waals surface area (Å²) in [6, 6.07) is 3.47. The van der Waals surface area contributed by atoms with E-state index in [9.17, 15) is 22.8 Å². The minimum Gasteiger partial charge on any atom is -0.483 e. The fourth-order valence-electron chi connectivity index (χ4n) is 3.49. The number of piperidine rings is 1. The standard InChI is InChI=1S/C20H22F3NO4/c1-11-8-15(18-12(2)13(3)19(26)28-16(18)9-11)27-10-17(25)24-6-4-14(5-7-24)20(21,22)23/h8-9,14H,4-7,10H2,1-3H3. The Morgan fingerprint density at radius 2 is 1.82 bits per heavy atom. The molecule has 3 rings (SSSR count). The van der Waals surface area contributed by atoms with Gasteiger partial charge in [-0.1, -0.05) is 0 Å². The average molecular weight is 397 g/mol. The summed E-state index contributed by atoms with van der Waals surface area (Å²) in [5.74, 6) is -1.30. The smallest absolute Gasteiger partial charge is 0.391 e. The maximum absolute atomic E-state index is 12.8. The predicted molar refractivity (Wildman–Crippen MR) is 97.5 cm³/mol. The Bertz CT molecular complexity index is 957. The number of ether oxygens (including phenoxy) is 1. The topological polar surface area (TPSA) is 59.8 Å². The molecule has 0 spiro atoms. The number of carbonyl (C=O) groups excluding carboxylic acids is 1. The number of rotatable bonds is 3. The first kappa shape index (κ1) is 20.2. The lowest BCUT2D eigenvalue weighted by Crippen LogP contribution is -2.43. The van der Waals surface area contributed by atoms with Crippen molar-refractivity contribution in [2.45, 2.75) is 39.8 Å². The third-order valence-electron chi connectivity index (χ3n) is 5.32. The highest BCUT2D eigenvalue weighted by Crippen LogP contribution is 2.34. The summed E-state index contributed by atoms with van der Waals surface area (Å²) in [6.07, 6.45) is -4.40. The third kappa shape index (κ3) is 4.00. The summed E-state index contributed by atoms with van der Waals surface area (Å²) in [6.45, 7) is 5.08. The van der Waals surface area contributed by atoms with E-state index in [1.165, 1.54) is 4.90 Å². The van der Waals surface area contributed by atoms with E-state index in [-0.39, 0.29) is 38.4 Å². The van der Waals surface area contributed by atoms with Crippen LogP contribution in [0.1, 0.15) is 29.5 Å². The van der Waals surface area contributed by atoms with E-state index in [1.54, 1.807) is 26.0 Å². The summed E-state index contributed by atoms with van der Waals surface area (Å²) >= 11 is 0. The van der Waals surface area contributed by atoms with E-state index >= 15 is 0 Å². The third-order valence-corrected chi connectivity index (χ3v) is 5.32. The molecule has 5 nitrogen and oxygen atoms in total. The number of nitrogens with zero attached hydrogens (tertiary/aromatic N) is 1. The fraction of sp³-hybridized carbons (Fsp3) is 0.500. The largest absolute Gasteiger partial charge is 0.483 e. The lowest BCUT2D eigenvalue weighted by Gasteiger charge is -2.32. The second kappa shape index (κ2) is 7.48. The Balaban J connectivity index is 1.75. The maximum atomic E-state index is 12.8. The SMILES string of the molecule is Cc1cc(OCC(=O)N2CCC(C(F)(F)F)CC2)c2c(C)c(C)c(=O)oc2c1. The Kier molecular flexibility index (Phi) is 5.41. The van der Waals surface area contributed by atoms with Crippen LogP contribution in [0.2, 0.25) is 0 Å². The van der Waals surface area contributed by atoms with E-state index in [1.807, 2.05) is 6.92 Å². The van der Waals surface area contributed by atoms with Gasteiger partial charge in [-0.05, 0) is 56.9 Å². The number of halogens is 3. The molecule has 152 valence electrons. The molecule has 2 aromatic rings. The van der Waals surface area contributed by atoms with E-state index < -0.39 is 17.7 Å². The number of alkyl halides is 3. The van der Waals surface area contributed by atoms with Crippen LogP contribution in [0.15, 0.2) is 21.3 Å². The zero-order valence-corrected chi connectivity index (χ0v) is 16.0. The molecule has 0 radical (unpaired) electrons. The highest BCUT2D eigenvalue weighted by Gasteiger charge is 2.41. The average Bonchev–Trinajstić information content (AvgIpc) is 2.63. The number of likely N-dealkylation sites (tertiary alicyclic amines) is 1. The molecule has 0 saturated carbocycles. The molecule has 0 atom stereocenters. The molecule has 0 aliphatic carbocycles. The van der Waals surface area contributed by atoms with Crippen molar-refractivity contribution in [2.24, 2.45) is 5.92 Å². The normalized spacial score (nSPS) is 15.9. The summed E-state index contributed by atoms with van der Waals surface area (Å²) < 4.78 is 49.3. The lowest BCUT2D eigenvalue weighted by atomic mass is 9.96. The van der Waals surface area contributed by atoms with E-state index in [0.29, 0.717) is 27.8 Å². The number of amides is 1. The quantitative estimate of drug-likeness (QED) is 0.737. The summed E-state index contributed by atoms with van der Waals surface area (Å²) in [4.78, 5) is 25.7. The van der Waals surface area contributed by atoms with Crippen LogP contribution < -0.4 is 10.4 Å².